The molecule has 1 aliphatic rings. The number of methoxy groups -OCH3 is 2. The standard InChI is InChI=1S/C20H31N3O4/c1-22(2)18-9-8-17(21-20(25)15-6-5-7-15)12-16(18)13-23(10-11-26-3)19(24)14-27-4/h8-9,12,15H,5-7,10-11,13-14H2,1-4H3,(H,21,25). The number of hydrogen-bond acceptors (Lipinski definition) is 5. The second-order valence-corrected chi connectivity index (χ2v) is 7.10. The molecule has 0 heterocycles. The van der Waals surface area contributed by atoms with Crippen molar-refractivity contribution in [3.05, 3.63) is 23.8 Å². The van der Waals surface area contributed by atoms with E-state index in [0.717, 1.165) is 36.2 Å². The first kappa shape index (κ1) is 21.2. The van der Waals surface area contributed by atoms with Crippen molar-refractivity contribution in [2.45, 2.75) is 25.8 Å². The minimum Gasteiger partial charge on any atom is -0.383 e. The van der Waals surface area contributed by atoms with Gasteiger partial charge in [-0.3, -0.25) is 9.59 Å². The minimum atomic E-state index is -0.0943. The topological polar surface area (TPSA) is 71.1 Å². The summed E-state index contributed by atoms with van der Waals surface area (Å²) in [6.45, 7) is 1.38. The van der Waals surface area contributed by atoms with Gasteiger partial charge in [0.2, 0.25) is 11.8 Å². The fourth-order valence-electron chi connectivity index (χ4n) is 3.05. The molecule has 0 atom stereocenters. The summed E-state index contributed by atoms with van der Waals surface area (Å²) in [5.41, 5.74) is 2.73. The summed E-state index contributed by atoms with van der Waals surface area (Å²) >= 11 is 0. The third kappa shape index (κ3) is 5.94. The number of nitrogens with one attached hydrogen (secondary N) is 1. The number of amides is 2. The van der Waals surface area contributed by atoms with Crippen molar-refractivity contribution in [1.82, 2.24) is 4.90 Å². The molecular weight excluding hydrogens is 346 g/mol. The van der Waals surface area contributed by atoms with Crippen LogP contribution in [0.4, 0.5) is 11.4 Å². The lowest BCUT2D eigenvalue weighted by atomic mass is 9.85. The van der Waals surface area contributed by atoms with Crippen molar-refractivity contribution in [3.8, 4) is 0 Å². The fraction of sp³-hybridized carbons (Fsp3) is 0.600. The van der Waals surface area contributed by atoms with Crippen LogP contribution in [0, 0.1) is 5.92 Å². The Kier molecular flexibility index (Phi) is 8.06. The highest BCUT2D eigenvalue weighted by Crippen LogP contribution is 2.29. The third-order valence-corrected chi connectivity index (χ3v) is 4.85. The molecule has 1 saturated carbocycles. The van der Waals surface area contributed by atoms with E-state index in [1.54, 1.807) is 12.0 Å². The van der Waals surface area contributed by atoms with E-state index >= 15 is 0 Å². The Labute approximate surface area is 161 Å². The van der Waals surface area contributed by atoms with Gasteiger partial charge in [-0.05, 0) is 36.6 Å². The molecule has 1 aliphatic carbocycles. The lowest BCUT2D eigenvalue weighted by Gasteiger charge is -2.27. The zero-order valence-corrected chi connectivity index (χ0v) is 16.8. The number of carbonyl (C=O) groups is 2. The molecule has 2 rings (SSSR count). The smallest absolute Gasteiger partial charge is 0.248 e. The number of benzene rings is 1. The minimum absolute atomic E-state index is 0.0269. The highest BCUT2D eigenvalue weighted by molar-refractivity contribution is 5.93. The summed E-state index contributed by atoms with van der Waals surface area (Å²) in [7, 11) is 7.04. The molecule has 0 saturated heterocycles. The molecule has 1 aromatic rings. The van der Waals surface area contributed by atoms with Crippen LogP contribution in [0.5, 0.6) is 0 Å². The van der Waals surface area contributed by atoms with Crippen molar-refractivity contribution >= 4 is 23.2 Å². The van der Waals surface area contributed by atoms with Gasteiger partial charge in [0.05, 0.1) is 6.61 Å². The van der Waals surface area contributed by atoms with Gasteiger partial charge < -0.3 is 24.6 Å². The highest BCUT2D eigenvalue weighted by Gasteiger charge is 2.25. The number of ether oxygens (including phenoxy) is 2. The maximum Gasteiger partial charge on any atom is 0.248 e. The van der Waals surface area contributed by atoms with Gasteiger partial charge in [-0.2, -0.15) is 0 Å². The zero-order chi connectivity index (χ0) is 19.8. The lowest BCUT2D eigenvalue weighted by Crippen LogP contribution is -2.36. The number of anilines is 2. The normalized spacial score (nSPS) is 13.8. The largest absolute Gasteiger partial charge is 0.383 e. The van der Waals surface area contributed by atoms with Crippen LogP contribution in [0.2, 0.25) is 0 Å². The van der Waals surface area contributed by atoms with Gasteiger partial charge in [0.25, 0.3) is 0 Å². The maximum absolute atomic E-state index is 12.4. The first-order chi connectivity index (χ1) is 13.0. The average Bonchev–Trinajstić information content (AvgIpc) is 2.57. The molecule has 0 bridgehead atoms. The predicted octanol–water partition coefficient (Wildman–Crippen LogP) is 2.11. The van der Waals surface area contributed by atoms with Gasteiger partial charge in [-0.15, -0.1) is 0 Å². The second-order valence-electron chi connectivity index (χ2n) is 7.10. The van der Waals surface area contributed by atoms with Crippen LogP contribution in [0.15, 0.2) is 18.2 Å². The van der Waals surface area contributed by atoms with E-state index in [-0.39, 0.29) is 24.3 Å². The van der Waals surface area contributed by atoms with E-state index < -0.39 is 0 Å². The van der Waals surface area contributed by atoms with Crippen LogP contribution in [0.1, 0.15) is 24.8 Å². The van der Waals surface area contributed by atoms with E-state index in [0.29, 0.717) is 19.7 Å². The number of carbonyl (C=O) groups excluding carboxylic acids is 2. The van der Waals surface area contributed by atoms with Gasteiger partial charge in [0, 0.05) is 58.7 Å². The Bertz CT molecular complexity index is 644. The quantitative estimate of drug-likeness (QED) is 0.676. The molecule has 7 nitrogen and oxygen atoms in total. The summed E-state index contributed by atoms with van der Waals surface area (Å²) in [4.78, 5) is 28.4. The Hall–Kier alpha value is -2.12. The molecule has 7 heteroatoms. The van der Waals surface area contributed by atoms with Crippen LogP contribution >= 0.6 is 0 Å². The maximum atomic E-state index is 12.4. The van der Waals surface area contributed by atoms with Crippen LogP contribution in [0.3, 0.4) is 0 Å². The van der Waals surface area contributed by atoms with Crippen molar-refractivity contribution in [3.63, 3.8) is 0 Å². The molecule has 0 unspecified atom stereocenters. The van der Waals surface area contributed by atoms with Crippen LogP contribution in [-0.4, -0.2) is 64.8 Å². The SMILES string of the molecule is COCCN(Cc1cc(NC(=O)C2CCC2)ccc1N(C)C)C(=O)COC. The molecule has 0 spiro atoms. The molecule has 0 radical (unpaired) electrons. The molecule has 0 aromatic heterocycles. The Morgan fingerprint density at radius 1 is 1.19 bits per heavy atom. The van der Waals surface area contributed by atoms with E-state index in [9.17, 15) is 9.59 Å². The third-order valence-electron chi connectivity index (χ3n) is 4.85. The van der Waals surface area contributed by atoms with Crippen LogP contribution < -0.4 is 10.2 Å². The monoisotopic (exact) mass is 377 g/mol. The Balaban J connectivity index is 2.20. The van der Waals surface area contributed by atoms with Gasteiger partial charge in [-0.1, -0.05) is 6.42 Å². The fourth-order valence-corrected chi connectivity index (χ4v) is 3.05. The summed E-state index contributed by atoms with van der Waals surface area (Å²) in [5, 5.41) is 3.01. The summed E-state index contributed by atoms with van der Waals surface area (Å²) in [6, 6.07) is 5.83. The van der Waals surface area contributed by atoms with E-state index in [4.69, 9.17) is 9.47 Å². The second kappa shape index (κ2) is 10.3. The number of rotatable bonds is 10. The number of hydrogen-bond donors (Lipinski definition) is 1. The lowest BCUT2D eigenvalue weighted by molar-refractivity contribution is -0.136. The number of nitrogens with zero attached hydrogens (tertiary/aromatic N) is 2. The van der Waals surface area contributed by atoms with E-state index in [2.05, 4.69) is 5.32 Å². The van der Waals surface area contributed by atoms with Crippen molar-refractivity contribution in [2.24, 2.45) is 5.92 Å². The first-order valence-electron chi connectivity index (χ1n) is 9.33. The molecule has 2 amide bonds. The molecule has 150 valence electrons. The summed E-state index contributed by atoms with van der Waals surface area (Å²) in [6.07, 6.45) is 3.05. The van der Waals surface area contributed by atoms with E-state index in [1.807, 2.05) is 37.2 Å². The van der Waals surface area contributed by atoms with Crippen molar-refractivity contribution in [2.75, 3.05) is 58.3 Å². The molecule has 1 fully saturated rings. The predicted molar refractivity (Wildman–Crippen MR) is 106 cm³/mol. The molecule has 27 heavy (non-hydrogen) atoms. The van der Waals surface area contributed by atoms with Crippen molar-refractivity contribution in [1.29, 1.82) is 0 Å². The first-order valence-corrected chi connectivity index (χ1v) is 9.33. The van der Waals surface area contributed by atoms with Crippen molar-refractivity contribution < 1.29 is 19.1 Å². The van der Waals surface area contributed by atoms with Gasteiger partial charge in [0.1, 0.15) is 6.61 Å². The van der Waals surface area contributed by atoms with Crippen LogP contribution in [-0.2, 0) is 25.6 Å². The van der Waals surface area contributed by atoms with Gasteiger partial charge in [0.15, 0.2) is 0 Å². The molecule has 0 aliphatic heterocycles. The molecule has 1 N–H and O–H groups in total. The summed E-state index contributed by atoms with van der Waals surface area (Å²) < 4.78 is 10.1. The van der Waals surface area contributed by atoms with Crippen LogP contribution in [0.25, 0.3) is 0 Å². The highest BCUT2D eigenvalue weighted by atomic mass is 16.5. The Morgan fingerprint density at radius 3 is 2.48 bits per heavy atom. The molecule has 1 aromatic carbocycles. The Morgan fingerprint density at radius 2 is 1.93 bits per heavy atom. The average molecular weight is 377 g/mol. The zero-order valence-electron chi connectivity index (χ0n) is 16.8. The molecular formula is C20H31N3O4. The van der Waals surface area contributed by atoms with Gasteiger partial charge >= 0.3 is 0 Å². The van der Waals surface area contributed by atoms with E-state index in [1.165, 1.54) is 7.11 Å². The van der Waals surface area contributed by atoms with Gasteiger partial charge in [-0.25, -0.2) is 0 Å². The summed E-state index contributed by atoms with van der Waals surface area (Å²) in [5.74, 6) is 0.114.